The van der Waals surface area contributed by atoms with Crippen molar-refractivity contribution in [2.75, 3.05) is 24.5 Å². The molecule has 15 atom stereocenters. The van der Waals surface area contributed by atoms with Gasteiger partial charge in [0, 0.05) is 132 Å². The number of aryl methyl sites for hydroxylation is 5. The fourth-order valence-corrected chi connectivity index (χ4v) is 28.5. The van der Waals surface area contributed by atoms with Gasteiger partial charge in [0.25, 0.3) is 0 Å². The van der Waals surface area contributed by atoms with Crippen molar-refractivity contribution < 1.29 is 0 Å². The predicted octanol–water partition coefficient (Wildman–Crippen LogP) is 27.7. The first kappa shape index (κ1) is 77.9. The Labute approximate surface area is 701 Å². The van der Waals surface area contributed by atoms with Crippen molar-refractivity contribution in [1.82, 2.24) is 15.0 Å². The zero-order chi connectivity index (χ0) is 80.3. The van der Waals surface area contributed by atoms with Gasteiger partial charge in [0.15, 0.2) is 0 Å². The highest BCUT2D eigenvalue weighted by Crippen LogP contribution is 2.70. The Balaban J connectivity index is 0.0000000980. The number of hydrogen-bond acceptors (Lipinski definition) is 8. The van der Waals surface area contributed by atoms with E-state index in [2.05, 4.69) is 313 Å². The van der Waals surface area contributed by atoms with Gasteiger partial charge in [-0.2, -0.15) is 0 Å². The summed E-state index contributed by atoms with van der Waals surface area (Å²) in [6, 6.07) is 78.3. The standard InChI is InChI=1S/C26H31N.C25H30N2.C21H25N.C20H24N2.C17H20N2/c1-17-7-3-5-9-24(17)27-18(2)26(23-8-4-6-10-25(23)27)21-12-11-19-13-20(15-21)16-22(26)14-19;1-16-6-3-4-8-23(16)27-17(2)25(22-7-5-11-26-24(22)27)20-10-9-18-12-19(14-20)15-21(25)13-18;1-16-10-4-6-12-19(16)22-17(2)21(14-8-3-9-15-21)18-11-5-7-13-20(18)22;1-15-9-4-5-11-18(15)22-16(2)20(12-6-3-7-13-20)17-10-8-14-21-19(17)22;1-12-8-5-6-10-15(12)19-13(2)17(3,4)14-9-7-11-18-16(14)19/h3-10,18-22H,11-16H2,1-2H3;3-8,11,17-21H,9-10,12-15H2,1-2H3;4-7,10-13,17H,3,8-9,14-15H2,1-2H3;4-5,8-11,14,16H,3,6-7,12-13H2,1-2H3;5-11,13H,1-4H3. The van der Waals surface area contributed by atoms with Crippen LogP contribution in [-0.4, -0.2) is 45.2 Å². The molecule has 10 fully saturated rings. The number of pyridine rings is 3. The van der Waals surface area contributed by atoms with E-state index >= 15 is 0 Å². The lowest BCUT2D eigenvalue weighted by atomic mass is 9.50. The third kappa shape index (κ3) is 12.5. The number of nitrogens with zero attached hydrogens (tertiary/aromatic N) is 8. The molecular formula is C109H130N8. The average Bonchev–Trinajstić information content (AvgIpc) is 1.55. The maximum Gasteiger partial charge on any atom is 0.137 e. The summed E-state index contributed by atoms with van der Waals surface area (Å²) in [5.41, 5.74) is 25.5. The van der Waals surface area contributed by atoms with Crippen molar-refractivity contribution in [1.29, 1.82) is 0 Å². The van der Waals surface area contributed by atoms with Crippen molar-refractivity contribution in [2.45, 2.75) is 282 Å². The lowest BCUT2D eigenvalue weighted by Crippen LogP contribution is -2.55. The number of hydrogen-bond donors (Lipinski definition) is 0. The summed E-state index contributed by atoms with van der Waals surface area (Å²) in [6.45, 7) is 27.9. The van der Waals surface area contributed by atoms with Gasteiger partial charge in [-0.15, -0.1) is 0 Å². The van der Waals surface area contributed by atoms with Crippen LogP contribution in [0.3, 0.4) is 0 Å². The molecule has 5 aliphatic heterocycles. The van der Waals surface area contributed by atoms with E-state index in [0.29, 0.717) is 51.9 Å². The molecule has 10 aromatic rings. The third-order valence-electron chi connectivity index (χ3n) is 34.0. The zero-order valence-corrected chi connectivity index (χ0v) is 72.5. The minimum Gasteiger partial charge on any atom is -0.337 e. The fraction of sp³-hybridized carbons (Fsp3) is 0.477. The van der Waals surface area contributed by atoms with Crippen molar-refractivity contribution in [3.63, 3.8) is 0 Å². The van der Waals surface area contributed by atoms with Gasteiger partial charge in [0.1, 0.15) is 17.5 Å². The molecule has 10 aliphatic carbocycles. The number of benzene rings is 7. The van der Waals surface area contributed by atoms with Crippen LogP contribution in [-0.2, 0) is 27.1 Å². The van der Waals surface area contributed by atoms with E-state index in [1.807, 2.05) is 24.7 Å². The van der Waals surface area contributed by atoms with Gasteiger partial charge in [-0.25, -0.2) is 15.0 Å². The van der Waals surface area contributed by atoms with Crippen LogP contribution in [0, 0.1) is 82.0 Å². The number of anilines is 10. The first-order valence-corrected chi connectivity index (χ1v) is 46.2. The molecule has 3 aromatic heterocycles. The van der Waals surface area contributed by atoms with Gasteiger partial charge in [-0.05, 0) is 306 Å². The first-order chi connectivity index (χ1) is 56.9. The summed E-state index contributed by atoms with van der Waals surface area (Å²) in [4.78, 5) is 27.2. The highest BCUT2D eigenvalue weighted by molar-refractivity contribution is 5.80. The van der Waals surface area contributed by atoms with E-state index in [1.54, 1.807) is 16.7 Å². The quantitative estimate of drug-likeness (QED) is 0.169. The van der Waals surface area contributed by atoms with E-state index in [9.17, 15) is 0 Å². The summed E-state index contributed by atoms with van der Waals surface area (Å²) < 4.78 is 0. The van der Waals surface area contributed by atoms with Gasteiger partial charge >= 0.3 is 0 Å². The van der Waals surface area contributed by atoms with E-state index in [-0.39, 0.29) is 5.41 Å². The second-order valence-electron chi connectivity index (χ2n) is 39.6. The van der Waals surface area contributed by atoms with Crippen LogP contribution in [0.2, 0.25) is 0 Å². The van der Waals surface area contributed by atoms with Crippen molar-refractivity contribution in [2.24, 2.45) is 47.3 Å². The summed E-state index contributed by atoms with van der Waals surface area (Å²) in [6.07, 6.45) is 37.0. The average molecular weight is 1550 g/mol. The summed E-state index contributed by atoms with van der Waals surface area (Å²) in [7, 11) is 0. The highest BCUT2D eigenvalue weighted by atomic mass is 15.3. The molecule has 4 spiro atoms. The summed E-state index contributed by atoms with van der Waals surface area (Å²) in [5.74, 6) is 11.0. The fourth-order valence-electron chi connectivity index (χ4n) is 28.5. The molecule has 10 saturated carbocycles. The van der Waals surface area contributed by atoms with E-state index in [0.717, 1.165) is 53.2 Å². The molecule has 117 heavy (non-hydrogen) atoms. The minimum absolute atomic E-state index is 0.117. The Morgan fingerprint density at radius 3 is 1.02 bits per heavy atom. The smallest absolute Gasteiger partial charge is 0.137 e. The van der Waals surface area contributed by atoms with Gasteiger partial charge in [0.2, 0.25) is 0 Å². The van der Waals surface area contributed by atoms with Crippen LogP contribution >= 0.6 is 0 Å². The summed E-state index contributed by atoms with van der Waals surface area (Å²) in [5, 5.41) is 0. The molecule has 8 nitrogen and oxygen atoms in total. The number of aromatic nitrogens is 3. The molecule has 0 amide bonds. The lowest BCUT2D eigenvalue weighted by Gasteiger charge is -2.55. The molecular weight excluding hydrogens is 1420 g/mol. The van der Waals surface area contributed by atoms with Gasteiger partial charge in [-0.3, -0.25) is 0 Å². The van der Waals surface area contributed by atoms with Gasteiger partial charge < -0.3 is 24.5 Å². The Kier molecular flexibility index (Phi) is 20.6. The molecule has 15 aliphatic rings. The van der Waals surface area contributed by atoms with Gasteiger partial charge in [0.05, 0.1) is 0 Å². The molecule has 0 radical (unpaired) electrons. The molecule has 8 heterocycles. The first-order valence-electron chi connectivity index (χ1n) is 46.2. The second-order valence-corrected chi connectivity index (χ2v) is 39.6. The predicted molar refractivity (Wildman–Crippen MR) is 489 cm³/mol. The Morgan fingerprint density at radius 2 is 0.556 bits per heavy atom. The normalized spacial score (nSPS) is 29.9. The van der Waals surface area contributed by atoms with Crippen LogP contribution < -0.4 is 24.5 Å². The lowest BCUT2D eigenvalue weighted by molar-refractivity contribution is 0.0267. The number of para-hydroxylation sites is 7. The van der Waals surface area contributed by atoms with Gasteiger partial charge in [-0.1, -0.05) is 211 Å². The Bertz CT molecular complexity index is 4970. The molecule has 0 N–H and O–H groups in total. The second kappa shape index (κ2) is 31.0. The third-order valence-corrected chi connectivity index (χ3v) is 34.0. The SMILES string of the molecule is Cc1ccccc1N1c2ccccc2C2(C3CCC4CC(C3)CC2C4)C1C.Cc1ccccc1N1c2ccccc2C2(CCCCC2)C1C.Cc1ccccc1N1c2ncccc2C(C)(C)C1C.Cc1ccccc1N1c2ncccc2C2(C3CCC4CC(C3)CC2C4)C1C.Cc1ccccc1N1c2ncccc2C2(CCCCC2)C1C. The maximum atomic E-state index is 4.97. The number of rotatable bonds is 5. The molecule has 8 bridgehead atoms. The number of fused-ring (bicyclic) bond motifs is 9. The minimum atomic E-state index is 0.117. The molecule has 25 rings (SSSR count). The van der Waals surface area contributed by atoms with Crippen LogP contribution in [0.4, 0.5) is 57.3 Å². The van der Waals surface area contributed by atoms with Crippen molar-refractivity contribution in [3.05, 3.63) is 280 Å². The maximum absolute atomic E-state index is 4.97. The van der Waals surface area contributed by atoms with Crippen LogP contribution in [0.15, 0.2) is 225 Å². The largest absolute Gasteiger partial charge is 0.337 e. The van der Waals surface area contributed by atoms with Crippen LogP contribution in [0.25, 0.3) is 0 Å². The molecule has 15 unspecified atom stereocenters. The van der Waals surface area contributed by atoms with Crippen molar-refractivity contribution in [3.8, 4) is 0 Å². The Hall–Kier alpha value is -9.01. The molecule has 7 aromatic carbocycles. The van der Waals surface area contributed by atoms with Crippen molar-refractivity contribution >= 4 is 57.3 Å². The van der Waals surface area contributed by atoms with Crippen LogP contribution in [0.5, 0.6) is 0 Å². The van der Waals surface area contributed by atoms with E-state index < -0.39 is 0 Å². The monoisotopic (exact) mass is 1550 g/mol. The van der Waals surface area contributed by atoms with E-state index in [4.69, 9.17) is 9.97 Å². The molecule has 606 valence electrons. The highest BCUT2D eigenvalue weighted by Gasteiger charge is 2.65. The Morgan fingerprint density at radius 1 is 0.256 bits per heavy atom. The zero-order valence-electron chi connectivity index (χ0n) is 72.5. The van der Waals surface area contributed by atoms with E-state index in [1.165, 1.54) is 232 Å². The summed E-state index contributed by atoms with van der Waals surface area (Å²) >= 11 is 0. The van der Waals surface area contributed by atoms with Crippen LogP contribution in [0.1, 0.15) is 245 Å². The topological polar surface area (TPSA) is 54.9 Å². The molecule has 8 heteroatoms. The molecule has 0 saturated heterocycles.